The first-order chi connectivity index (χ1) is 8.69. The van der Waals surface area contributed by atoms with Crippen LogP contribution in [0.4, 0.5) is 4.79 Å². The molecule has 0 aliphatic rings. The van der Waals surface area contributed by atoms with Gasteiger partial charge in [0.15, 0.2) is 6.04 Å². The summed E-state index contributed by atoms with van der Waals surface area (Å²) < 4.78 is 5.03. The highest BCUT2D eigenvalue weighted by molar-refractivity contribution is 6.32. The zero-order chi connectivity index (χ0) is 14.6. The molecular formula is C13H16BNO4. The van der Waals surface area contributed by atoms with E-state index in [9.17, 15) is 9.59 Å². The SMILES string of the molecule is [B]c1ccc(C(NC(=O)OC(C)(C)C)C(=O)O)cc1. The van der Waals surface area contributed by atoms with Gasteiger partial charge < -0.3 is 15.2 Å². The van der Waals surface area contributed by atoms with Crippen LogP contribution < -0.4 is 10.8 Å². The average Bonchev–Trinajstić information content (AvgIpc) is 2.24. The first-order valence-electron chi connectivity index (χ1n) is 5.77. The predicted octanol–water partition coefficient (Wildman–Crippen LogP) is 1.13. The lowest BCUT2D eigenvalue weighted by Gasteiger charge is -2.22. The summed E-state index contributed by atoms with van der Waals surface area (Å²) in [5, 5.41) is 11.4. The molecule has 0 spiro atoms. The maximum absolute atomic E-state index is 11.6. The normalized spacial score (nSPS) is 12.6. The Morgan fingerprint density at radius 3 is 2.21 bits per heavy atom. The molecule has 0 fully saturated rings. The molecule has 0 saturated carbocycles. The number of alkyl carbamates (subject to hydrolysis) is 1. The zero-order valence-electron chi connectivity index (χ0n) is 11.1. The molecule has 0 aliphatic carbocycles. The second kappa shape index (κ2) is 5.78. The molecule has 19 heavy (non-hydrogen) atoms. The minimum Gasteiger partial charge on any atom is -0.479 e. The van der Waals surface area contributed by atoms with Gasteiger partial charge in [0.2, 0.25) is 0 Å². The van der Waals surface area contributed by atoms with E-state index in [4.69, 9.17) is 17.7 Å². The molecular weight excluding hydrogens is 245 g/mol. The lowest BCUT2D eigenvalue weighted by Crippen LogP contribution is -2.38. The molecule has 2 radical (unpaired) electrons. The third-order valence-corrected chi connectivity index (χ3v) is 2.18. The smallest absolute Gasteiger partial charge is 0.408 e. The van der Waals surface area contributed by atoms with Crippen LogP contribution in [0.2, 0.25) is 0 Å². The summed E-state index contributed by atoms with van der Waals surface area (Å²) >= 11 is 0. The number of benzene rings is 1. The highest BCUT2D eigenvalue weighted by Gasteiger charge is 2.25. The van der Waals surface area contributed by atoms with Gasteiger partial charge in [-0.05, 0) is 26.3 Å². The predicted molar refractivity (Wildman–Crippen MR) is 71.6 cm³/mol. The van der Waals surface area contributed by atoms with Gasteiger partial charge in [0.25, 0.3) is 0 Å². The molecule has 1 aromatic rings. The van der Waals surface area contributed by atoms with Gasteiger partial charge >= 0.3 is 12.1 Å². The standard InChI is InChI=1S/C13H16BNO4/c1-13(2,3)19-12(18)15-10(11(16)17)8-4-6-9(14)7-5-8/h4-7,10H,1-3H3,(H,15,18)(H,16,17). The maximum Gasteiger partial charge on any atom is 0.408 e. The molecule has 0 aromatic heterocycles. The van der Waals surface area contributed by atoms with Crippen molar-refractivity contribution in [2.24, 2.45) is 0 Å². The molecule has 1 amide bonds. The Labute approximate surface area is 113 Å². The number of ether oxygens (including phenoxy) is 1. The summed E-state index contributed by atoms with van der Waals surface area (Å²) in [5.41, 5.74) is 0.256. The minimum atomic E-state index is -1.17. The molecule has 1 unspecified atom stereocenters. The van der Waals surface area contributed by atoms with Crippen molar-refractivity contribution in [2.75, 3.05) is 0 Å². The van der Waals surface area contributed by atoms with E-state index in [0.717, 1.165) is 0 Å². The van der Waals surface area contributed by atoms with Crippen LogP contribution in [0.15, 0.2) is 24.3 Å². The number of nitrogens with one attached hydrogen (secondary N) is 1. The van der Waals surface area contributed by atoms with Gasteiger partial charge in [-0.1, -0.05) is 29.7 Å². The number of amides is 1. The van der Waals surface area contributed by atoms with Gasteiger partial charge in [0, 0.05) is 0 Å². The lowest BCUT2D eigenvalue weighted by molar-refractivity contribution is -0.139. The van der Waals surface area contributed by atoms with E-state index in [1.165, 1.54) is 0 Å². The van der Waals surface area contributed by atoms with Crippen molar-refractivity contribution < 1.29 is 19.4 Å². The van der Waals surface area contributed by atoms with Crippen molar-refractivity contribution >= 4 is 25.4 Å². The summed E-state index contributed by atoms with van der Waals surface area (Å²) in [6.45, 7) is 5.10. The number of carboxylic acid groups (broad SMARTS) is 1. The molecule has 0 aliphatic heterocycles. The largest absolute Gasteiger partial charge is 0.479 e. The van der Waals surface area contributed by atoms with Crippen LogP contribution in [0.3, 0.4) is 0 Å². The minimum absolute atomic E-state index is 0.424. The fourth-order valence-electron chi connectivity index (χ4n) is 1.40. The molecule has 0 bridgehead atoms. The van der Waals surface area contributed by atoms with E-state index < -0.39 is 23.7 Å². The van der Waals surface area contributed by atoms with E-state index in [2.05, 4.69) is 5.32 Å². The number of hydrogen-bond donors (Lipinski definition) is 2. The number of rotatable bonds is 3. The highest BCUT2D eigenvalue weighted by atomic mass is 16.6. The Balaban J connectivity index is 2.82. The fourth-order valence-corrected chi connectivity index (χ4v) is 1.40. The van der Waals surface area contributed by atoms with Gasteiger partial charge in [-0.25, -0.2) is 9.59 Å². The Morgan fingerprint density at radius 1 is 1.26 bits per heavy atom. The third-order valence-electron chi connectivity index (χ3n) is 2.18. The second-order valence-corrected chi connectivity index (χ2v) is 5.08. The van der Waals surface area contributed by atoms with E-state index in [1.54, 1.807) is 45.0 Å². The van der Waals surface area contributed by atoms with Crippen molar-refractivity contribution in [3.8, 4) is 0 Å². The fraction of sp³-hybridized carbons (Fsp3) is 0.385. The Hall–Kier alpha value is -1.98. The van der Waals surface area contributed by atoms with E-state index in [0.29, 0.717) is 11.0 Å². The number of carbonyl (C=O) groups excluding carboxylic acids is 1. The van der Waals surface area contributed by atoms with Crippen molar-refractivity contribution in [1.82, 2.24) is 5.32 Å². The summed E-state index contributed by atoms with van der Waals surface area (Å²) in [7, 11) is 5.53. The number of hydrogen-bond acceptors (Lipinski definition) is 3. The van der Waals surface area contributed by atoms with Crippen molar-refractivity contribution in [2.45, 2.75) is 32.4 Å². The molecule has 6 heteroatoms. The molecule has 1 rings (SSSR count). The van der Waals surface area contributed by atoms with Crippen LogP contribution in [-0.2, 0) is 9.53 Å². The van der Waals surface area contributed by atoms with E-state index in [1.807, 2.05) is 0 Å². The summed E-state index contributed by atoms with van der Waals surface area (Å²) in [6.07, 6.45) is -0.781. The molecule has 1 atom stereocenters. The molecule has 2 N–H and O–H groups in total. The number of aliphatic carboxylic acids is 1. The van der Waals surface area contributed by atoms with Crippen LogP contribution in [0.1, 0.15) is 32.4 Å². The van der Waals surface area contributed by atoms with Crippen LogP contribution in [0.5, 0.6) is 0 Å². The Kier molecular flexibility index (Phi) is 4.59. The van der Waals surface area contributed by atoms with Gasteiger partial charge in [-0.3, -0.25) is 0 Å². The third kappa shape index (κ3) is 5.03. The number of carboxylic acids is 1. The van der Waals surface area contributed by atoms with Crippen LogP contribution in [0.25, 0.3) is 0 Å². The van der Waals surface area contributed by atoms with Crippen LogP contribution in [0, 0.1) is 0 Å². The highest BCUT2D eigenvalue weighted by Crippen LogP contribution is 2.14. The quantitative estimate of drug-likeness (QED) is 0.800. The van der Waals surface area contributed by atoms with Gasteiger partial charge in [-0.2, -0.15) is 0 Å². The topological polar surface area (TPSA) is 75.6 Å². The molecule has 100 valence electrons. The van der Waals surface area contributed by atoms with Crippen LogP contribution >= 0.6 is 0 Å². The molecule has 0 saturated heterocycles. The lowest BCUT2D eigenvalue weighted by atomic mass is 9.94. The van der Waals surface area contributed by atoms with E-state index in [-0.39, 0.29) is 0 Å². The summed E-state index contributed by atoms with van der Waals surface area (Å²) in [4.78, 5) is 22.8. The second-order valence-electron chi connectivity index (χ2n) is 5.08. The van der Waals surface area contributed by atoms with Crippen molar-refractivity contribution in [3.63, 3.8) is 0 Å². The summed E-state index contributed by atoms with van der Waals surface area (Å²) in [6, 6.07) is 5.07. The van der Waals surface area contributed by atoms with Crippen molar-refractivity contribution in [3.05, 3.63) is 29.8 Å². The van der Waals surface area contributed by atoms with Crippen molar-refractivity contribution in [1.29, 1.82) is 0 Å². The first kappa shape index (κ1) is 15.1. The molecule has 1 aromatic carbocycles. The van der Waals surface area contributed by atoms with Gasteiger partial charge in [0.1, 0.15) is 13.4 Å². The maximum atomic E-state index is 11.6. The summed E-state index contributed by atoms with van der Waals surface area (Å²) in [5.74, 6) is -1.17. The average molecular weight is 261 g/mol. The van der Waals surface area contributed by atoms with Crippen LogP contribution in [-0.4, -0.2) is 30.6 Å². The monoisotopic (exact) mass is 261 g/mol. The Bertz CT molecular complexity index is 465. The van der Waals surface area contributed by atoms with Gasteiger partial charge in [0.05, 0.1) is 0 Å². The molecule has 0 heterocycles. The number of carbonyl (C=O) groups is 2. The molecule has 5 nitrogen and oxygen atoms in total. The first-order valence-corrected chi connectivity index (χ1v) is 5.77. The van der Waals surface area contributed by atoms with Gasteiger partial charge in [-0.15, -0.1) is 0 Å². The Morgan fingerprint density at radius 2 is 1.79 bits per heavy atom. The zero-order valence-corrected chi connectivity index (χ0v) is 11.1. The van der Waals surface area contributed by atoms with E-state index >= 15 is 0 Å².